The molecule has 0 saturated heterocycles. The fourth-order valence-corrected chi connectivity index (χ4v) is 2.58. The van der Waals surface area contributed by atoms with E-state index in [-0.39, 0.29) is 18.3 Å². The van der Waals surface area contributed by atoms with Gasteiger partial charge >= 0.3 is 0 Å². The Balaban J connectivity index is 2.13. The van der Waals surface area contributed by atoms with Gasteiger partial charge in [-0.2, -0.15) is 0 Å². The molecule has 2 aromatic carbocycles. The van der Waals surface area contributed by atoms with E-state index in [1.54, 1.807) is 13.2 Å². The summed E-state index contributed by atoms with van der Waals surface area (Å²) in [6, 6.07) is 12.6. The van der Waals surface area contributed by atoms with Gasteiger partial charge in [0.15, 0.2) is 0 Å². The standard InChI is InChI=1S/C18H21FO2/c1-13-9-17(19)8-7-15(13)10-14(12-20)11-16-5-3-4-6-18(16)21-2/h3-9,14,20H,10-12H2,1-2H3. The van der Waals surface area contributed by atoms with Crippen LogP contribution in [0.25, 0.3) is 0 Å². The molecule has 0 bridgehead atoms. The number of rotatable bonds is 6. The van der Waals surface area contributed by atoms with Gasteiger partial charge in [0.2, 0.25) is 0 Å². The number of ether oxygens (including phenoxy) is 1. The number of aliphatic hydroxyl groups is 1. The van der Waals surface area contributed by atoms with E-state index in [1.807, 2.05) is 31.2 Å². The Morgan fingerprint density at radius 2 is 1.81 bits per heavy atom. The molecule has 2 aromatic rings. The first-order valence-electron chi connectivity index (χ1n) is 7.11. The Morgan fingerprint density at radius 1 is 1.10 bits per heavy atom. The number of methoxy groups -OCH3 is 1. The van der Waals surface area contributed by atoms with Crippen molar-refractivity contribution >= 4 is 0 Å². The largest absolute Gasteiger partial charge is 0.496 e. The average molecular weight is 288 g/mol. The maximum absolute atomic E-state index is 13.1. The van der Waals surface area contributed by atoms with Crippen LogP contribution in [0.2, 0.25) is 0 Å². The predicted molar refractivity (Wildman–Crippen MR) is 82.1 cm³/mol. The average Bonchev–Trinajstić information content (AvgIpc) is 2.49. The van der Waals surface area contributed by atoms with E-state index in [4.69, 9.17) is 4.74 Å². The zero-order valence-corrected chi connectivity index (χ0v) is 12.5. The van der Waals surface area contributed by atoms with Crippen LogP contribution in [-0.2, 0) is 12.8 Å². The molecular weight excluding hydrogens is 267 g/mol. The highest BCUT2D eigenvalue weighted by molar-refractivity contribution is 5.34. The van der Waals surface area contributed by atoms with Gasteiger partial charge in [0.05, 0.1) is 7.11 Å². The lowest BCUT2D eigenvalue weighted by Gasteiger charge is -2.17. The van der Waals surface area contributed by atoms with Crippen molar-refractivity contribution in [1.82, 2.24) is 0 Å². The number of halogens is 1. The molecule has 21 heavy (non-hydrogen) atoms. The maximum Gasteiger partial charge on any atom is 0.123 e. The lowest BCUT2D eigenvalue weighted by atomic mass is 9.91. The summed E-state index contributed by atoms with van der Waals surface area (Å²) in [4.78, 5) is 0. The monoisotopic (exact) mass is 288 g/mol. The summed E-state index contributed by atoms with van der Waals surface area (Å²) in [6.07, 6.45) is 1.46. The van der Waals surface area contributed by atoms with E-state index in [2.05, 4.69) is 0 Å². The first-order valence-corrected chi connectivity index (χ1v) is 7.11. The second-order valence-corrected chi connectivity index (χ2v) is 5.34. The van der Waals surface area contributed by atoms with Gasteiger partial charge in [-0.25, -0.2) is 4.39 Å². The molecular formula is C18H21FO2. The van der Waals surface area contributed by atoms with Gasteiger partial charge in [-0.3, -0.25) is 0 Å². The molecule has 0 radical (unpaired) electrons. The Morgan fingerprint density at radius 3 is 2.48 bits per heavy atom. The maximum atomic E-state index is 13.1. The molecule has 3 heteroatoms. The Labute approximate surface area is 125 Å². The molecule has 1 atom stereocenters. The van der Waals surface area contributed by atoms with Crippen LogP contribution < -0.4 is 4.74 Å². The third kappa shape index (κ3) is 4.05. The Hall–Kier alpha value is -1.87. The fourth-order valence-electron chi connectivity index (χ4n) is 2.58. The van der Waals surface area contributed by atoms with Gasteiger partial charge in [-0.05, 0) is 60.6 Å². The molecule has 1 N–H and O–H groups in total. The van der Waals surface area contributed by atoms with Crippen LogP contribution in [0.15, 0.2) is 42.5 Å². The summed E-state index contributed by atoms with van der Waals surface area (Å²) in [6.45, 7) is 1.99. The highest BCUT2D eigenvalue weighted by Crippen LogP contribution is 2.23. The number of aryl methyl sites for hydroxylation is 1. The van der Waals surface area contributed by atoms with E-state index in [0.717, 1.165) is 35.3 Å². The van der Waals surface area contributed by atoms with Crippen molar-refractivity contribution < 1.29 is 14.2 Å². The van der Waals surface area contributed by atoms with E-state index in [9.17, 15) is 9.50 Å². The number of hydrogen-bond donors (Lipinski definition) is 1. The highest BCUT2D eigenvalue weighted by Gasteiger charge is 2.14. The molecule has 0 aliphatic carbocycles. The molecule has 0 aliphatic heterocycles. The Kier molecular flexibility index (Phi) is 5.34. The van der Waals surface area contributed by atoms with Gasteiger partial charge in [0.25, 0.3) is 0 Å². The van der Waals surface area contributed by atoms with Gasteiger partial charge in [-0.15, -0.1) is 0 Å². The summed E-state index contributed by atoms with van der Waals surface area (Å²) in [7, 11) is 1.65. The molecule has 0 saturated carbocycles. The first kappa shape index (κ1) is 15.5. The van der Waals surface area contributed by atoms with Gasteiger partial charge in [0, 0.05) is 6.61 Å². The van der Waals surface area contributed by atoms with Crippen LogP contribution in [0.1, 0.15) is 16.7 Å². The molecule has 2 rings (SSSR count). The Bertz CT molecular complexity index is 596. The molecule has 1 unspecified atom stereocenters. The molecule has 0 aromatic heterocycles. The smallest absolute Gasteiger partial charge is 0.123 e. The summed E-state index contributed by atoms with van der Waals surface area (Å²) in [5.74, 6) is 0.707. The first-order chi connectivity index (χ1) is 10.1. The zero-order valence-electron chi connectivity index (χ0n) is 12.5. The molecule has 0 aliphatic rings. The highest BCUT2D eigenvalue weighted by atomic mass is 19.1. The lowest BCUT2D eigenvalue weighted by molar-refractivity contribution is 0.224. The summed E-state index contributed by atoms with van der Waals surface area (Å²) in [5.41, 5.74) is 3.08. The molecule has 112 valence electrons. The van der Waals surface area contributed by atoms with Crippen molar-refractivity contribution in [3.05, 3.63) is 65.0 Å². The number of benzene rings is 2. The third-order valence-corrected chi connectivity index (χ3v) is 3.77. The van der Waals surface area contributed by atoms with Crippen molar-refractivity contribution in [2.24, 2.45) is 5.92 Å². The minimum Gasteiger partial charge on any atom is -0.496 e. The van der Waals surface area contributed by atoms with Crippen LogP contribution in [-0.4, -0.2) is 18.8 Å². The minimum atomic E-state index is -0.221. The van der Waals surface area contributed by atoms with Crippen LogP contribution in [0, 0.1) is 18.7 Å². The SMILES string of the molecule is COc1ccccc1CC(CO)Cc1ccc(F)cc1C. The molecule has 0 amide bonds. The normalized spacial score (nSPS) is 12.2. The van der Waals surface area contributed by atoms with Crippen LogP contribution in [0.5, 0.6) is 5.75 Å². The van der Waals surface area contributed by atoms with E-state index in [0.29, 0.717) is 0 Å². The zero-order chi connectivity index (χ0) is 15.2. The number of para-hydroxylation sites is 1. The molecule has 0 heterocycles. The van der Waals surface area contributed by atoms with Crippen molar-refractivity contribution in [3.8, 4) is 5.75 Å². The third-order valence-electron chi connectivity index (χ3n) is 3.77. The van der Waals surface area contributed by atoms with Crippen molar-refractivity contribution in [2.45, 2.75) is 19.8 Å². The van der Waals surface area contributed by atoms with E-state index in [1.165, 1.54) is 12.1 Å². The topological polar surface area (TPSA) is 29.5 Å². The second-order valence-electron chi connectivity index (χ2n) is 5.34. The molecule has 2 nitrogen and oxygen atoms in total. The minimum absolute atomic E-state index is 0.0884. The second kappa shape index (κ2) is 7.23. The van der Waals surface area contributed by atoms with Crippen molar-refractivity contribution in [3.63, 3.8) is 0 Å². The summed E-state index contributed by atoms with van der Waals surface area (Å²) >= 11 is 0. The number of hydrogen-bond acceptors (Lipinski definition) is 2. The quantitative estimate of drug-likeness (QED) is 0.881. The summed E-state index contributed by atoms with van der Waals surface area (Å²) < 4.78 is 18.5. The van der Waals surface area contributed by atoms with Crippen LogP contribution in [0.3, 0.4) is 0 Å². The fraction of sp³-hybridized carbons (Fsp3) is 0.333. The lowest BCUT2D eigenvalue weighted by Crippen LogP contribution is -2.14. The van der Waals surface area contributed by atoms with Crippen LogP contribution >= 0.6 is 0 Å². The molecule has 0 fully saturated rings. The van der Waals surface area contributed by atoms with Gasteiger partial charge in [-0.1, -0.05) is 24.3 Å². The van der Waals surface area contributed by atoms with E-state index >= 15 is 0 Å². The molecule has 0 spiro atoms. The van der Waals surface area contributed by atoms with Crippen molar-refractivity contribution in [1.29, 1.82) is 0 Å². The summed E-state index contributed by atoms with van der Waals surface area (Å²) in [5, 5.41) is 9.64. The van der Waals surface area contributed by atoms with Crippen LogP contribution in [0.4, 0.5) is 4.39 Å². The van der Waals surface area contributed by atoms with E-state index < -0.39 is 0 Å². The van der Waals surface area contributed by atoms with Crippen molar-refractivity contribution in [2.75, 3.05) is 13.7 Å². The number of aliphatic hydroxyl groups excluding tert-OH is 1. The van der Waals surface area contributed by atoms with Gasteiger partial charge in [0.1, 0.15) is 11.6 Å². The predicted octanol–water partition coefficient (Wildman–Crippen LogP) is 3.54. The van der Waals surface area contributed by atoms with Gasteiger partial charge < -0.3 is 9.84 Å².